The lowest BCUT2D eigenvalue weighted by Crippen LogP contribution is -2.33. The van der Waals surface area contributed by atoms with Gasteiger partial charge in [0, 0.05) is 10.7 Å². The number of halogens is 1. The second-order valence-corrected chi connectivity index (χ2v) is 4.68. The number of H-pyrrole nitrogens is 1. The summed E-state index contributed by atoms with van der Waals surface area (Å²) in [6.07, 6.45) is 1.04. The number of carboxylic acids is 1. The van der Waals surface area contributed by atoms with Gasteiger partial charge in [-0.25, -0.2) is 9.59 Å². The van der Waals surface area contributed by atoms with Gasteiger partial charge in [0.15, 0.2) is 0 Å². The van der Waals surface area contributed by atoms with Crippen molar-refractivity contribution >= 4 is 21.9 Å². The van der Waals surface area contributed by atoms with Crippen LogP contribution < -0.4 is 11.2 Å². The molecule has 0 bridgehead atoms. The molecule has 0 radical (unpaired) electrons. The monoisotopic (exact) mass is 324 g/mol. The lowest BCUT2D eigenvalue weighted by atomic mass is 10.2. The largest absolute Gasteiger partial charge is 0.477 e. The molecule has 1 aromatic heterocycles. The minimum absolute atomic E-state index is 0.164. The van der Waals surface area contributed by atoms with Gasteiger partial charge in [0.1, 0.15) is 5.56 Å². The molecule has 2 rings (SSSR count). The minimum atomic E-state index is -1.37. The molecule has 7 heteroatoms. The van der Waals surface area contributed by atoms with E-state index in [2.05, 4.69) is 15.9 Å². The zero-order chi connectivity index (χ0) is 14.0. The molecule has 0 fully saturated rings. The quantitative estimate of drug-likeness (QED) is 0.882. The first-order chi connectivity index (χ1) is 8.99. The number of nitrogens with zero attached hydrogens (tertiary/aromatic N) is 1. The Morgan fingerprint density at radius 1 is 1.32 bits per heavy atom. The normalized spacial score (nSPS) is 10.4. The van der Waals surface area contributed by atoms with E-state index in [1.807, 2.05) is 17.1 Å². The maximum atomic E-state index is 11.6. The van der Waals surface area contributed by atoms with Gasteiger partial charge >= 0.3 is 11.7 Å². The maximum Gasteiger partial charge on any atom is 0.342 e. The Hall–Kier alpha value is -2.15. The van der Waals surface area contributed by atoms with Crippen molar-refractivity contribution in [2.75, 3.05) is 0 Å². The first-order valence-electron chi connectivity index (χ1n) is 5.29. The van der Waals surface area contributed by atoms with E-state index >= 15 is 0 Å². The second kappa shape index (κ2) is 5.23. The first kappa shape index (κ1) is 13.3. The molecule has 0 unspecified atom stereocenters. The lowest BCUT2D eigenvalue weighted by molar-refractivity contribution is 0.0693. The predicted molar refractivity (Wildman–Crippen MR) is 71.5 cm³/mol. The van der Waals surface area contributed by atoms with Gasteiger partial charge < -0.3 is 5.11 Å². The molecule has 19 heavy (non-hydrogen) atoms. The van der Waals surface area contributed by atoms with Crippen molar-refractivity contribution in [2.45, 2.75) is 6.54 Å². The van der Waals surface area contributed by atoms with Gasteiger partial charge in [-0.05, 0) is 11.6 Å². The Kier molecular flexibility index (Phi) is 3.66. The van der Waals surface area contributed by atoms with Crippen LogP contribution in [0, 0.1) is 0 Å². The van der Waals surface area contributed by atoms with E-state index in [9.17, 15) is 14.4 Å². The molecule has 6 nitrogen and oxygen atoms in total. The topological polar surface area (TPSA) is 92.2 Å². The zero-order valence-electron chi connectivity index (χ0n) is 9.59. The fourth-order valence-electron chi connectivity index (χ4n) is 1.59. The Balaban J connectivity index is 2.49. The van der Waals surface area contributed by atoms with E-state index < -0.39 is 22.8 Å². The summed E-state index contributed by atoms with van der Waals surface area (Å²) in [6.45, 7) is 0.164. The van der Waals surface area contributed by atoms with Crippen molar-refractivity contribution in [3.8, 4) is 0 Å². The van der Waals surface area contributed by atoms with Gasteiger partial charge in [-0.3, -0.25) is 14.3 Å². The third kappa shape index (κ3) is 2.82. The number of carbonyl (C=O) groups is 1. The number of aromatic carboxylic acids is 1. The van der Waals surface area contributed by atoms with Gasteiger partial charge in [-0.1, -0.05) is 34.1 Å². The van der Waals surface area contributed by atoms with Gasteiger partial charge in [-0.2, -0.15) is 0 Å². The molecule has 2 aromatic rings. The van der Waals surface area contributed by atoms with Crippen molar-refractivity contribution in [2.24, 2.45) is 0 Å². The molecule has 0 aliphatic heterocycles. The number of nitrogens with one attached hydrogen (secondary N) is 1. The number of aromatic nitrogens is 2. The molecule has 1 heterocycles. The van der Waals surface area contributed by atoms with Crippen LogP contribution in [0.3, 0.4) is 0 Å². The molecule has 1 aromatic carbocycles. The van der Waals surface area contributed by atoms with E-state index in [0.717, 1.165) is 20.8 Å². The summed E-state index contributed by atoms with van der Waals surface area (Å²) >= 11 is 3.34. The van der Waals surface area contributed by atoms with E-state index in [-0.39, 0.29) is 6.54 Å². The molecule has 0 aliphatic carbocycles. The Morgan fingerprint density at radius 2 is 2.00 bits per heavy atom. The van der Waals surface area contributed by atoms with E-state index in [0.29, 0.717) is 0 Å². The summed E-state index contributed by atoms with van der Waals surface area (Å²) in [5.74, 6) is -1.37. The van der Waals surface area contributed by atoms with Crippen LogP contribution in [0.15, 0.2) is 44.5 Å². The highest BCUT2D eigenvalue weighted by atomic mass is 79.9. The summed E-state index contributed by atoms with van der Waals surface area (Å²) in [6, 6.07) is 7.23. The van der Waals surface area contributed by atoms with Crippen molar-refractivity contribution in [3.05, 3.63) is 66.9 Å². The van der Waals surface area contributed by atoms with Crippen molar-refractivity contribution in [1.82, 2.24) is 9.55 Å². The van der Waals surface area contributed by atoms with E-state index in [1.165, 1.54) is 0 Å². The summed E-state index contributed by atoms with van der Waals surface area (Å²) in [4.78, 5) is 35.8. The number of rotatable bonds is 3. The molecule has 0 saturated carbocycles. The van der Waals surface area contributed by atoms with Crippen molar-refractivity contribution in [1.29, 1.82) is 0 Å². The summed E-state index contributed by atoms with van der Waals surface area (Å²) < 4.78 is 1.94. The summed E-state index contributed by atoms with van der Waals surface area (Å²) in [7, 11) is 0. The van der Waals surface area contributed by atoms with Crippen LogP contribution in [0.2, 0.25) is 0 Å². The van der Waals surface area contributed by atoms with Crippen LogP contribution in [0.25, 0.3) is 0 Å². The van der Waals surface area contributed by atoms with Gasteiger partial charge in [-0.15, -0.1) is 0 Å². The van der Waals surface area contributed by atoms with Crippen molar-refractivity contribution < 1.29 is 9.90 Å². The molecule has 2 N–H and O–H groups in total. The predicted octanol–water partition coefficient (Wildman–Crippen LogP) is 1.05. The number of hydrogen-bond donors (Lipinski definition) is 2. The fraction of sp³-hybridized carbons (Fsp3) is 0.0833. The van der Waals surface area contributed by atoms with Crippen LogP contribution >= 0.6 is 15.9 Å². The molecular weight excluding hydrogens is 316 g/mol. The SMILES string of the molecule is O=C(O)c1cn(Cc2ccccc2Br)c(=O)[nH]c1=O. The highest BCUT2D eigenvalue weighted by molar-refractivity contribution is 9.10. The number of aromatic amines is 1. The van der Waals surface area contributed by atoms with Crippen LogP contribution in [0.5, 0.6) is 0 Å². The van der Waals surface area contributed by atoms with Gasteiger partial charge in [0.2, 0.25) is 0 Å². The number of hydrogen-bond acceptors (Lipinski definition) is 3. The van der Waals surface area contributed by atoms with Crippen LogP contribution in [-0.4, -0.2) is 20.6 Å². The summed E-state index contributed by atoms with van der Waals surface area (Å²) in [5.41, 5.74) is -1.22. The third-order valence-corrected chi connectivity index (χ3v) is 3.31. The Morgan fingerprint density at radius 3 is 2.63 bits per heavy atom. The minimum Gasteiger partial charge on any atom is -0.477 e. The van der Waals surface area contributed by atoms with Gasteiger partial charge in [0.25, 0.3) is 5.56 Å². The third-order valence-electron chi connectivity index (χ3n) is 2.54. The standard InChI is InChI=1S/C12H9BrN2O4/c13-9-4-2-1-3-7(9)5-15-6-8(11(17)18)10(16)14-12(15)19/h1-4,6H,5H2,(H,17,18)(H,14,16,19). The molecule has 0 spiro atoms. The van der Waals surface area contributed by atoms with Gasteiger partial charge in [0.05, 0.1) is 6.54 Å². The fourth-order valence-corrected chi connectivity index (χ4v) is 2.00. The second-order valence-electron chi connectivity index (χ2n) is 3.83. The van der Waals surface area contributed by atoms with Crippen LogP contribution in [0.4, 0.5) is 0 Å². The first-order valence-corrected chi connectivity index (χ1v) is 6.09. The molecule has 0 amide bonds. The van der Waals surface area contributed by atoms with E-state index in [1.54, 1.807) is 12.1 Å². The molecule has 98 valence electrons. The molecular formula is C12H9BrN2O4. The highest BCUT2D eigenvalue weighted by Crippen LogP contribution is 2.16. The Bertz CT molecular complexity index is 748. The molecule has 0 atom stereocenters. The van der Waals surface area contributed by atoms with E-state index in [4.69, 9.17) is 5.11 Å². The lowest BCUT2D eigenvalue weighted by Gasteiger charge is -2.07. The molecule has 0 aliphatic rings. The average Bonchev–Trinajstić information content (AvgIpc) is 2.34. The molecule has 0 saturated heterocycles. The summed E-state index contributed by atoms with van der Waals surface area (Å²) in [5, 5.41) is 8.86. The van der Waals surface area contributed by atoms with Crippen LogP contribution in [-0.2, 0) is 6.54 Å². The van der Waals surface area contributed by atoms with Crippen molar-refractivity contribution in [3.63, 3.8) is 0 Å². The number of benzene rings is 1. The average molecular weight is 325 g/mol. The Labute approximate surface area is 115 Å². The number of carboxylic acid groups (broad SMARTS) is 1. The highest BCUT2D eigenvalue weighted by Gasteiger charge is 2.12. The van der Waals surface area contributed by atoms with Crippen LogP contribution in [0.1, 0.15) is 15.9 Å². The maximum absolute atomic E-state index is 11.6. The zero-order valence-corrected chi connectivity index (χ0v) is 11.2. The smallest absolute Gasteiger partial charge is 0.342 e.